The van der Waals surface area contributed by atoms with Gasteiger partial charge in [0.25, 0.3) is 0 Å². The largest absolute Gasteiger partial charge is 0.493 e. The molecule has 0 radical (unpaired) electrons. The lowest BCUT2D eigenvalue weighted by Gasteiger charge is -2.34. The maximum atomic E-state index is 14.2. The molecule has 0 saturated heterocycles. The minimum absolute atomic E-state index is 0.0303. The van der Waals surface area contributed by atoms with Gasteiger partial charge in [-0.3, -0.25) is 14.5 Å². The first kappa shape index (κ1) is 27.2. The molecule has 4 aromatic rings. The molecule has 0 bridgehead atoms. The van der Waals surface area contributed by atoms with E-state index in [1.54, 1.807) is 25.3 Å². The molecule has 8 heteroatoms. The van der Waals surface area contributed by atoms with Gasteiger partial charge in [0, 0.05) is 28.8 Å². The number of nitrogens with one attached hydrogen (secondary N) is 2. The minimum atomic E-state index is -1.02. The van der Waals surface area contributed by atoms with Crippen LogP contribution in [0.2, 0.25) is 0 Å². The summed E-state index contributed by atoms with van der Waals surface area (Å²) in [4.78, 5) is 33.0. The van der Waals surface area contributed by atoms with Gasteiger partial charge < -0.3 is 19.8 Å². The van der Waals surface area contributed by atoms with E-state index in [4.69, 9.17) is 9.47 Å². The second kappa shape index (κ2) is 12.2. The third kappa shape index (κ3) is 5.81. The van der Waals surface area contributed by atoms with Gasteiger partial charge in [0.2, 0.25) is 11.8 Å². The molecule has 1 aliphatic carbocycles. The number of carbonyl (C=O) groups is 2. The number of aromatic nitrogens is 1. The number of para-hydroxylation sites is 1. The van der Waals surface area contributed by atoms with Gasteiger partial charge in [0.05, 0.1) is 20.6 Å². The normalized spacial score (nSPS) is 14.5. The Bertz CT molecular complexity index is 1480. The highest BCUT2D eigenvalue weighted by molar-refractivity contribution is 6.03. The quantitative estimate of drug-likeness (QED) is 0.268. The van der Waals surface area contributed by atoms with E-state index < -0.39 is 11.9 Å². The maximum Gasteiger partial charge on any atom is 0.248 e. The Morgan fingerprint density at radius 1 is 0.975 bits per heavy atom. The second-order valence-corrected chi connectivity index (χ2v) is 10.1. The first-order valence-electron chi connectivity index (χ1n) is 13.6. The number of aromatic amines is 1. The van der Waals surface area contributed by atoms with Crippen molar-refractivity contribution in [1.82, 2.24) is 10.3 Å². The molecule has 1 heterocycles. The van der Waals surface area contributed by atoms with Crippen molar-refractivity contribution in [3.63, 3.8) is 0 Å². The zero-order valence-electron chi connectivity index (χ0n) is 22.8. The fourth-order valence-corrected chi connectivity index (χ4v) is 5.53. The number of hydrogen-bond acceptors (Lipinski definition) is 4. The average Bonchev–Trinajstić information content (AvgIpc) is 3.39. The number of H-pyrrole nitrogens is 1. The third-order valence-corrected chi connectivity index (χ3v) is 7.57. The Hall–Kier alpha value is -4.33. The van der Waals surface area contributed by atoms with Crippen molar-refractivity contribution in [3.05, 3.63) is 89.9 Å². The minimum Gasteiger partial charge on any atom is -0.493 e. The van der Waals surface area contributed by atoms with Crippen LogP contribution >= 0.6 is 0 Å². The van der Waals surface area contributed by atoms with E-state index in [0.717, 1.165) is 48.6 Å². The predicted octanol–water partition coefficient (Wildman–Crippen LogP) is 6.09. The molecule has 1 atom stereocenters. The van der Waals surface area contributed by atoms with Crippen LogP contribution in [0.25, 0.3) is 10.9 Å². The molecule has 2 N–H and O–H groups in total. The fourth-order valence-electron chi connectivity index (χ4n) is 5.53. The van der Waals surface area contributed by atoms with Crippen molar-refractivity contribution in [2.24, 2.45) is 0 Å². The molecule has 3 aromatic carbocycles. The number of rotatable bonds is 9. The van der Waals surface area contributed by atoms with E-state index in [1.807, 2.05) is 30.5 Å². The van der Waals surface area contributed by atoms with Crippen molar-refractivity contribution in [3.8, 4) is 11.5 Å². The Morgan fingerprint density at radius 2 is 1.70 bits per heavy atom. The van der Waals surface area contributed by atoms with Crippen molar-refractivity contribution in [1.29, 1.82) is 0 Å². The molecule has 208 valence electrons. The van der Waals surface area contributed by atoms with Gasteiger partial charge in [0.15, 0.2) is 11.5 Å². The lowest BCUT2D eigenvalue weighted by molar-refractivity contribution is -0.127. The summed E-state index contributed by atoms with van der Waals surface area (Å²) >= 11 is 0. The van der Waals surface area contributed by atoms with Gasteiger partial charge >= 0.3 is 0 Å². The molecule has 1 fully saturated rings. The molecule has 7 nitrogen and oxygen atoms in total. The van der Waals surface area contributed by atoms with Crippen molar-refractivity contribution in [2.45, 2.75) is 50.6 Å². The summed E-state index contributed by atoms with van der Waals surface area (Å²) in [7, 11) is 3.07. The molecule has 5 rings (SSSR count). The molecule has 0 spiro atoms. The van der Waals surface area contributed by atoms with Crippen LogP contribution < -0.4 is 19.7 Å². The monoisotopic (exact) mass is 543 g/mol. The lowest BCUT2D eigenvalue weighted by atomic mass is 9.94. The van der Waals surface area contributed by atoms with E-state index >= 15 is 0 Å². The Kier molecular flexibility index (Phi) is 8.34. The molecule has 0 unspecified atom stereocenters. The van der Waals surface area contributed by atoms with E-state index in [2.05, 4.69) is 10.3 Å². The highest BCUT2D eigenvalue weighted by atomic mass is 19.1. The van der Waals surface area contributed by atoms with Gasteiger partial charge in [-0.2, -0.15) is 0 Å². The summed E-state index contributed by atoms with van der Waals surface area (Å²) in [6, 6.07) is 17.6. The van der Waals surface area contributed by atoms with Crippen LogP contribution in [0.1, 0.15) is 49.3 Å². The lowest BCUT2D eigenvalue weighted by Crippen LogP contribution is -2.47. The van der Waals surface area contributed by atoms with Gasteiger partial charge in [-0.1, -0.05) is 43.5 Å². The van der Waals surface area contributed by atoms with Crippen LogP contribution in [0, 0.1) is 5.82 Å². The topological polar surface area (TPSA) is 83.7 Å². The summed E-state index contributed by atoms with van der Waals surface area (Å²) < 4.78 is 24.9. The van der Waals surface area contributed by atoms with E-state index in [0.29, 0.717) is 22.7 Å². The van der Waals surface area contributed by atoms with Gasteiger partial charge in [0.1, 0.15) is 11.9 Å². The molecule has 40 heavy (non-hydrogen) atoms. The third-order valence-electron chi connectivity index (χ3n) is 7.57. The average molecular weight is 544 g/mol. The number of carbonyl (C=O) groups excluding carboxylic acids is 2. The molecular weight excluding hydrogens is 509 g/mol. The fraction of sp³-hybridized carbons (Fsp3) is 0.312. The van der Waals surface area contributed by atoms with Crippen LogP contribution in [-0.2, 0) is 16.0 Å². The second-order valence-electron chi connectivity index (χ2n) is 10.1. The predicted molar refractivity (Wildman–Crippen MR) is 153 cm³/mol. The van der Waals surface area contributed by atoms with Crippen molar-refractivity contribution >= 4 is 28.4 Å². The zero-order chi connectivity index (χ0) is 28.1. The molecular formula is C32H34FN3O4. The summed E-state index contributed by atoms with van der Waals surface area (Å²) in [5.74, 6) is -0.0671. The van der Waals surface area contributed by atoms with E-state index in [9.17, 15) is 14.0 Å². The number of hydrogen-bond donors (Lipinski definition) is 2. The molecule has 1 saturated carbocycles. The van der Waals surface area contributed by atoms with Crippen LogP contribution in [0.5, 0.6) is 11.5 Å². The first-order chi connectivity index (χ1) is 19.5. The number of fused-ring (bicyclic) bond motifs is 1. The highest BCUT2D eigenvalue weighted by Gasteiger charge is 2.35. The van der Waals surface area contributed by atoms with E-state index in [-0.39, 0.29) is 24.3 Å². The molecule has 1 aromatic heterocycles. The van der Waals surface area contributed by atoms with Crippen LogP contribution in [0.4, 0.5) is 10.1 Å². The standard InChI is InChI=1S/C32H34FN3O4/c1-39-28-17-12-21(18-29(28)40-2)31(32(38)35-24-8-4-3-5-9-24)36(25-15-13-23(33)14-16-25)30(37)19-22-20-34-27-11-7-6-10-26(22)27/h6-7,10-18,20,24,31,34H,3-5,8-9,19H2,1-2H3,(H,35,38)/t31-/m0/s1. The number of ether oxygens (including phenoxy) is 2. The SMILES string of the molecule is COc1ccc([C@@H](C(=O)NC2CCCCC2)N(C(=O)Cc2c[nH]c3ccccc23)c2ccc(F)cc2)cc1OC. The van der Waals surface area contributed by atoms with Crippen molar-refractivity contribution < 1.29 is 23.5 Å². The smallest absolute Gasteiger partial charge is 0.248 e. The van der Waals surface area contributed by atoms with Crippen molar-refractivity contribution in [2.75, 3.05) is 19.1 Å². The van der Waals surface area contributed by atoms with Crippen LogP contribution in [-0.4, -0.2) is 37.1 Å². The first-order valence-corrected chi connectivity index (χ1v) is 13.6. The number of nitrogens with zero attached hydrogens (tertiary/aromatic N) is 1. The molecule has 1 aliphatic rings. The van der Waals surface area contributed by atoms with E-state index in [1.165, 1.54) is 36.3 Å². The number of anilines is 1. The Morgan fingerprint density at radius 3 is 2.42 bits per heavy atom. The summed E-state index contributed by atoms with van der Waals surface area (Å²) in [6.45, 7) is 0. The van der Waals surface area contributed by atoms with Crippen LogP contribution in [0.3, 0.4) is 0 Å². The van der Waals surface area contributed by atoms with Gasteiger partial charge in [-0.25, -0.2) is 4.39 Å². The molecule has 0 aliphatic heterocycles. The summed E-state index contributed by atoms with van der Waals surface area (Å²) in [5, 5.41) is 4.14. The number of halogens is 1. The van der Waals surface area contributed by atoms with Crippen LogP contribution in [0.15, 0.2) is 72.9 Å². The number of amides is 2. The summed E-state index contributed by atoms with van der Waals surface area (Å²) in [6.07, 6.45) is 6.89. The zero-order valence-corrected chi connectivity index (χ0v) is 22.8. The van der Waals surface area contributed by atoms with Gasteiger partial charge in [-0.05, 0) is 66.4 Å². The summed E-state index contributed by atoms with van der Waals surface area (Å²) in [5.41, 5.74) is 2.71. The maximum absolute atomic E-state index is 14.2. The Labute approximate surface area is 233 Å². The number of methoxy groups -OCH3 is 2. The Balaban J connectivity index is 1.59. The highest BCUT2D eigenvalue weighted by Crippen LogP contribution is 2.35. The number of benzene rings is 3. The molecule has 2 amide bonds. The van der Waals surface area contributed by atoms with Gasteiger partial charge in [-0.15, -0.1) is 0 Å².